The molecule has 0 radical (unpaired) electrons. The van der Waals surface area contributed by atoms with Gasteiger partial charge in [0.05, 0.1) is 12.7 Å². The van der Waals surface area contributed by atoms with Crippen LogP contribution in [0.1, 0.15) is 18.4 Å². The number of rotatable bonds is 3. The number of hydrogen-bond acceptors (Lipinski definition) is 3. The van der Waals surface area contributed by atoms with E-state index in [1.165, 1.54) is 10.5 Å². The minimum absolute atomic E-state index is 0.424. The third kappa shape index (κ3) is 2.84. The van der Waals surface area contributed by atoms with Crippen molar-refractivity contribution in [3.05, 3.63) is 29.8 Å². The Morgan fingerprint density at radius 2 is 2.06 bits per heavy atom. The summed E-state index contributed by atoms with van der Waals surface area (Å²) in [6.45, 7) is 2.61. The van der Waals surface area contributed by atoms with E-state index in [-0.39, 0.29) is 0 Å². The molecule has 0 aromatic heterocycles. The quantitative estimate of drug-likeness (QED) is 0.822. The van der Waals surface area contributed by atoms with Crippen molar-refractivity contribution in [2.24, 2.45) is 0 Å². The summed E-state index contributed by atoms with van der Waals surface area (Å²) in [5.74, 6) is 0. The minimum atomic E-state index is 0.424. The average Bonchev–Trinajstić information content (AvgIpc) is 2.80. The van der Waals surface area contributed by atoms with Gasteiger partial charge in [-0.15, -0.1) is 11.8 Å². The first-order valence-corrected chi connectivity index (χ1v) is 7.24. The Bertz CT molecular complexity index is 349. The van der Waals surface area contributed by atoms with Crippen molar-refractivity contribution in [2.45, 2.75) is 35.5 Å². The van der Waals surface area contributed by atoms with Crippen LogP contribution < -0.4 is 0 Å². The Labute approximate surface area is 107 Å². The van der Waals surface area contributed by atoms with Crippen LogP contribution in [0.4, 0.5) is 0 Å². The molecule has 3 heteroatoms. The number of ether oxygens (including phenoxy) is 2. The standard InChI is InChI=1S/C14H18O2S/c1-2-4-14-11(3-1)9-13(17-14)10-16-12-5-7-15-8-6-12/h1-4,12-13H,5-10H2. The second-order valence-electron chi connectivity index (χ2n) is 4.70. The van der Waals surface area contributed by atoms with E-state index in [1.807, 2.05) is 11.8 Å². The molecule has 92 valence electrons. The number of hydrogen-bond donors (Lipinski definition) is 0. The first kappa shape index (κ1) is 11.6. The summed E-state index contributed by atoms with van der Waals surface area (Å²) >= 11 is 1.97. The van der Waals surface area contributed by atoms with E-state index in [1.54, 1.807) is 0 Å². The predicted octanol–water partition coefficient (Wildman–Crippen LogP) is 2.90. The maximum absolute atomic E-state index is 6.00. The van der Waals surface area contributed by atoms with Gasteiger partial charge in [-0.2, -0.15) is 0 Å². The summed E-state index contributed by atoms with van der Waals surface area (Å²) < 4.78 is 11.3. The van der Waals surface area contributed by atoms with Gasteiger partial charge in [-0.3, -0.25) is 0 Å². The first-order chi connectivity index (χ1) is 8.42. The van der Waals surface area contributed by atoms with Crippen molar-refractivity contribution < 1.29 is 9.47 Å². The summed E-state index contributed by atoms with van der Waals surface area (Å²) in [5, 5.41) is 0.607. The second kappa shape index (κ2) is 5.42. The van der Waals surface area contributed by atoms with Crippen LogP contribution in [0.3, 0.4) is 0 Å². The van der Waals surface area contributed by atoms with Gasteiger partial charge in [0, 0.05) is 23.4 Å². The second-order valence-corrected chi connectivity index (χ2v) is 6.04. The molecule has 2 nitrogen and oxygen atoms in total. The van der Waals surface area contributed by atoms with Crippen molar-refractivity contribution >= 4 is 11.8 Å². The SMILES string of the molecule is c1ccc2c(c1)CC(COC1CCOCC1)S2. The Morgan fingerprint density at radius 3 is 2.88 bits per heavy atom. The van der Waals surface area contributed by atoms with Gasteiger partial charge in [-0.05, 0) is 30.9 Å². The molecule has 0 saturated carbocycles. The molecule has 0 N–H and O–H groups in total. The Kier molecular flexibility index (Phi) is 3.69. The van der Waals surface area contributed by atoms with Gasteiger partial charge in [-0.25, -0.2) is 0 Å². The fraction of sp³-hybridized carbons (Fsp3) is 0.571. The Balaban J connectivity index is 1.48. The molecule has 0 bridgehead atoms. The fourth-order valence-electron chi connectivity index (χ4n) is 2.43. The summed E-state index contributed by atoms with van der Waals surface area (Å²) in [6, 6.07) is 8.69. The third-order valence-corrected chi connectivity index (χ3v) is 4.69. The zero-order chi connectivity index (χ0) is 11.5. The number of thioether (sulfide) groups is 1. The maximum atomic E-state index is 6.00. The molecule has 1 unspecified atom stereocenters. The molecule has 0 amide bonds. The fourth-order valence-corrected chi connectivity index (χ4v) is 3.66. The van der Waals surface area contributed by atoms with Gasteiger partial charge in [-0.1, -0.05) is 18.2 Å². The molecule has 1 fully saturated rings. The van der Waals surface area contributed by atoms with Gasteiger partial charge < -0.3 is 9.47 Å². The molecule has 1 atom stereocenters. The largest absolute Gasteiger partial charge is 0.381 e. The lowest BCUT2D eigenvalue weighted by Crippen LogP contribution is -2.26. The molecule has 1 aromatic rings. The van der Waals surface area contributed by atoms with Crippen LogP contribution in [0, 0.1) is 0 Å². The van der Waals surface area contributed by atoms with E-state index in [0.29, 0.717) is 11.4 Å². The van der Waals surface area contributed by atoms with Gasteiger partial charge in [0.15, 0.2) is 0 Å². The lowest BCUT2D eigenvalue weighted by molar-refractivity contribution is -0.0309. The van der Waals surface area contributed by atoms with Crippen molar-refractivity contribution in [3.8, 4) is 0 Å². The number of fused-ring (bicyclic) bond motifs is 1. The zero-order valence-electron chi connectivity index (χ0n) is 9.93. The molecule has 2 aliphatic heterocycles. The average molecular weight is 250 g/mol. The van der Waals surface area contributed by atoms with Crippen LogP contribution >= 0.6 is 11.8 Å². The predicted molar refractivity (Wildman–Crippen MR) is 69.6 cm³/mol. The maximum Gasteiger partial charge on any atom is 0.0619 e. The van der Waals surface area contributed by atoms with Crippen LogP contribution in [-0.2, 0) is 15.9 Å². The first-order valence-electron chi connectivity index (χ1n) is 6.36. The van der Waals surface area contributed by atoms with E-state index < -0.39 is 0 Å². The smallest absolute Gasteiger partial charge is 0.0619 e. The van der Waals surface area contributed by atoms with Crippen molar-refractivity contribution in [1.29, 1.82) is 0 Å². The summed E-state index contributed by atoms with van der Waals surface area (Å²) in [7, 11) is 0. The normalized spacial score (nSPS) is 24.8. The topological polar surface area (TPSA) is 18.5 Å². The summed E-state index contributed by atoms with van der Waals surface area (Å²) in [5.41, 5.74) is 1.48. The molecular formula is C14H18O2S. The van der Waals surface area contributed by atoms with E-state index in [9.17, 15) is 0 Å². The van der Waals surface area contributed by atoms with Crippen molar-refractivity contribution in [1.82, 2.24) is 0 Å². The lowest BCUT2D eigenvalue weighted by atomic mass is 10.1. The van der Waals surface area contributed by atoms with Gasteiger partial charge in [0.1, 0.15) is 0 Å². The van der Waals surface area contributed by atoms with Crippen LogP contribution in [0.15, 0.2) is 29.2 Å². The Morgan fingerprint density at radius 1 is 1.24 bits per heavy atom. The van der Waals surface area contributed by atoms with Gasteiger partial charge in [0.25, 0.3) is 0 Å². The summed E-state index contributed by atoms with van der Waals surface area (Å²) in [6.07, 6.45) is 3.70. The minimum Gasteiger partial charge on any atom is -0.381 e. The molecule has 17 heavy (non-hydrogen) atoms. The van der Waals surface area contributed by atoms with Crippen LogP contribution in [0.25, 0.3) is 0 Å². The van der Waals surface area contributed by atoms with Gasteiger partial charge >= 0.3 is 0 Å². The number of benzene rings is 1. The Hall–Kier alpha value is -0.510. The van der Waals surface area contributed by atoms with E-state index in [4.69, 9.17) is 9.47 Å². The van der Waals surface area contributed by atoms with Crippen LogP contribution in [0.2, 0.25) is 0 Å². The molecule has 0 aliphatic carbocycles. The van der Waals surface area contributed by atoms with E-state index in [0.717, 1.165) is 39.1 Å². The monoisotopic (exact) mass is 250 g/mol. The highest BCUT2D eigenvalue weighted by molar-refractivity contribution is 8.00. The van der Waals surface area contributed by atoms with Crippen molar-refractivity contribution in [2.75, 3.05) is 19.8 Å². The zero-order valence-corrected chi connectivity index (χ0v) is 10.7. The van der Waals surface area contributed by atoms with Crippen LogP contribution in [-0.4, -0.2) is 31.2 Å². The molecule has 2 heterocycles. The summed E-state index contributed by atoms with van der Waals surface area (Å²) in [4.78, 5) is 1.44. The molecule has 0 spiro atoms. The molecular weight excluding hydrogens is 232 g/mol. The highest BCUT2D eigenvalue weighted by Gasteiger charge is 2.23. The highest BCUT2D eigenvalue weighted by Crippen LogP contribution is 2.37. The highest BCUT2D eigenvalue weighted by atomic mass is 32.2. The lowest BCUT2D eigenvalue weighted by Gasteiger charge is -2.23. The molecule has 3 rings (SSSR count). The van der Waals surface area contributed by atoms with Crippen molar-refractivity contribution in [3.63, 3.8) is 0 Å². The molecule has 1 saturated heterocycles. The van der Waals surface area contributed by atoms with E-state index >= 15 is 0 Å². The van der Waals surface area contributed by atoms with Crippen LogP contribution in [0.5, 0.6) is 0 Å². The van der Waals surface area contributed by atoms with E-state index in [2.05, 4.69) is 24.3 Å². The molecule has 1 aromatic carbocycles. The third-order valence-electron chi connectivity index (χ3n) is 3.40. The molecule has 2 aliphatic rings. The van der Waals surface area contributed by atoms with Gasteiger partial charge in [0.2, 0.25) is 0 Å².